The van der Waals surface area contributed by atoms with Crippen molar-refractivity contribution in [2.24, 2.45) is 0 Å². The number of hydrogen-bond acceptors (Lipinski definition) is 2. The fourth-order valence-electron chi connectivity index (χ4n) is 1.62. The van der Waals surface area contributed by atoms with E-state index in [1.807, 2.05) is 13.0 Å². The van der Waals surface area contributed by atoms with Gasteiger partial charge in [-0.25, -0.2) is 13.1 Å². The molecule has 0 saturated heterocycles. The van der Waals surface area contributed by atoms with Crippen molar-refractivity contribution in [1.82, 2.24) is 4.72 Å². The second-order valence-electron chi connectivity index (χ2n) is 3.97. The van der Waals surface area contributed by atoms with E-state index in [0.29, 0.717) is 17.2 Å². The Hall–Kier alpha value is -0.580. The molecule has 1 rings (SSSR count). The number of benzene rings is 1. The molecule has 1 atom stereocenters. The van der Waals surface area contributed by atoms with Crippen molar-refractivity contribution in [3.05, 3.63) is 29.8 Å². The van der Waals surface area contributed by atoms with Crippen LogP contribution in [0.3, 0.4) is 0 Å². The van der Waals surface area contributed by atoms with E-state index < -0.39 is 10.0 Å². The highest BCUT2D eigenvalue weighted by Gasteiger charge is 2.19. The lowest BCUT2D eigenvalue weighted by atomic mass is 10.2. The summed E-state index contributed by atoms with van der Waals surface area (Å²) in [5.41, 5.74) is 0.751. The van der Waals surface area contributed by atoms with Gasteiger partial charge in [0.2, 0.25) is 10.0 Å². The predicted octanol–water partition coefficient (Wildman–Crippen LogP) is 2.68. The minimum absolute atomic E-state index is 0.0999. The smallest absolute Gasteiger partial charge is 0.208 e. The Morgan fingerprint density at radius 1 is 1.35 bits per heavy atom. The van der Waals surface area contributed by atoms with Gasteiger partial charge in [0, 0.05) is 11.9 Å². The zero-order valence-corrected chi connectivity index (χ0v) is 11.7. The Balaban J connectivity index is 2.92. The van der Waals surface area contributed by atoms with Crippen molar-refractivity contribution in [2.75, 3.05) is 5.88 Å². The molecule has 96 valence electrons. The van der Waals surface area contributed by atoms with Crippen LogP contribution >= 0.6 is 11.6 Å². The maximum atomic E-state index is 12.1. The number of halogens is 1. The quantitative estimate of drug-likeness (QED) is 0.812. The van der Waals surface area contributed by atoms with Crippen LogP contribution in [0.15, 0.2) is 29.2 Å². The highest BCUT2D eigenvalue weighted by atomic mass is 35.5. The summed E-state index contributed by atoms with van der Waals surface area (Å²) < 4.78 is 27.0. The Kier molecular flexibility index (Phi) is 5.43. The first kappa shape index (κ1) is 14.5. The fraction of sp³-hybridized carbons (Fsp3) is 0.500. The molecule has 5 heteroatoms. The van der Waals surface area contributed by atoms with Crippen molar-refractivity contribution in [3.8, 4) is 0 Å². The van der Waals surface area contributed by atoms with Crippen molar-refractivity contribution in [2.45, 2.75) is 37.6 Å². The second-order valence-corrected chi connectivity index (χ2v) is 6.03. The average molecular weight is 276 g/mol. The first-order valence-corrected chi connectivity index (χ1v) is 7.67. The first-order chi connectivity index (χ1) is 8.01. The van der Waals surface area contributed by atoms with Crippen LogP contribution in [-0.4, -0.2) is 20.3 Å². The fourth-order valence-corrected chi connectivity index (χ4v) is 3.48. The summed E-state index contributed by atoms with van der Waals surface area (Å²) in [6, 6.07) is 6.86. The summed E-state index contributed by atoms with van der Waals surface area (Å²) >= 11 is 5.65. The highest BCUT2D eigenvalue weighted by Crippen LogP contribution is 2.15. The topological polar surface area (TPSA) is 46.2 Å². The van der Waals surface area contributed by atoms with Gasteiger partial charge in [0.1, 0.15) is 0 Å². The minimum atomic E-state index is -3.43. The van der Waals surface area contributed by atoms with E-state index in [2.05, 4.69) is 4.72 Å². The van der Waals surface area contributed by atoms with Gasteiger partial charge in [0.25, 0.3) is 0 Å². The van der Waals surface area contributed by atoms with Gasteiger partial charge < -0.3 is 0 Å². The van der Waals surface area contributed by atoms with Crippen LogP contribution in [0, 0.1) is 6.92 Å². The summed E-state index contributed by atoms with van der Waals surface area (Å²) in [6.45, 7) is 3.73. The molecule has 17 heavy (non-hydrogen) atoms. The predicted molar refractivity (Wildman–Crippen MR) is 70.9 cm³/mol. The third kappa shape index (κ3) is 3.98. The molecular weight excluding hydrogens is 258 g/mol. The zero-order valence-electron chi connectivity index (χ0n) is 10.1. The molecule has 0 aliphatic carbocycles. The maximum Gasteiger partial charge on any atom is 0.241 e. The normalized spacial score (nSPS) is 13.6. The molecule has 1 N–H and O–H groups in total. The van der Waals surface area contributed by atoms with Crippen molar-refractivity contribution in [1.29, 1.82) is 0 Å². The van der Waals surface area contributed by atoms with E-state index in [9.17, 15) is 8.42 Å². The molecular formula is C12H18ClNO2S. The van der Waals surface area contributed by atoms with Crippen molar-refractivity contribution < 1.29 is 8.42 Å². The molecule has 1 unspecified atom stereocenters. The molecule has 0 aliphatic heterocycles. The highest BCUT2D eigenvalue weighted by molar-refractivity contribution is 7.89. The molecule has 0 saturated carbocycles. The van der Waals surface area contributed by atoms with Crippen LogP contribution < -0.4 is 4.72 Å². The number of alkyl halides is 1. The molecule has 0 radical (unpaired) electrons. The number of aryl methyl sites for hydroxylation is 1. The van der Waals surface area contributed by atoms with Gasteiger partial charge in [-0.1, -0.05) is 25.1 Å². The van der Waals surface area contributed by atoms with Crippen LogP contribution in [-0.2, 0) is 10.0 Å². The van der Waals surface area contributed by atoms with Gasteiger partial charge in [-0.3, -0.25) is 0 Å². The van der Waals surface area contributed by atoms with Gasteiger partial charge in [-0.15, -0.1) is 11.6 Å². The average Bonchev–Trinajstić information content (AvgIpc) is 2.28. The van der Waals surface area contributed by atoms with Crippen LogP contribution in [0.4, 0.5) is 0 Å². The third-order valence-corrected chi connectivity index (χ3v) is 4.55. The third-order valence-electron chi connectivity index (χ3n) is 2.66. The van der Waals surface area contributed by atoms with E-state index in [4.69, 9.17) is 11.6 Å². The summed E-state index contributed by atoms with van der Waals surface area (Å²) in [5.74, 6) is 0.453. The monoisotopic (exact) mass is 275 g/mol. The second kappa shape index (κ2) is 6.38. The van der Waals surface area contributed by atoms with Gasteiger partial charge in [0.05, 0.1) is 4.90 Å². The number of hydrogen-bond donors (Lipinski definition) is 1. The lowest BCUT2D eigenvalue weighted by Gasteiger charge is -2.16. The lowest BCUT2D eigenvalue weighted by Crippen LogP contribution is -2.35. The van der Waals surface area contributed by atoms with Gasteiger partial charge in [-0.05, 0) is 31.4 Å². The molecule has 1 aromatic carbocycles. The van der Waals surface area contributed by atoms with Crippen LogP contribution in [0.2, 0.25) is 0 Å². The largest absolute Gasteiger partial charge is 0.241 e. The standard InChI is InChI=1S/C12H18ClNO2S/c1-3-11(8-9-13)14-17(15,16)12-7-5-4-6-10(12)2/h4-7,11,14H,3,8-9H2,1-2H3. The van der Waals surface area contributed by atoms with E-state index in [-0.39, 0.29) is 6.04 Å². The SMILES string of the molecule is CCC(CCCl)NS(=O)(=O)c1ccccc1C. The summed E-state index contributed by atoms with van der Waals surface area (Å²) in [6.07, 6.45) is 1.38. The summed E-state index contributed by atoms with van der Waals surface area (Å²) in [5, 5.41) is 0. The molecule has 0 aromatic heterocycles. The molecule has 0 spiro atoms. The number of nitrogens with one attached hydrogen (secondary N) is 1. The lowest BCUT2D eigenvalue weighted by molar-refractivity contribution is 0.531. The molecule has 3 nitrogen and oxygen atoms in total. The summed E-state index contributed by atoms with van der Waals surface area (Å²) in [7, 11) is -3.43. The zero-order chi connectivity index (χ0) is 12.9. The number of sulfonamides is 1. The van der Waals surface area contributed by atoms with Crippen LogP contribution in [0.25, 0.3) is 0 Å². The molecule has 0 aliphatic rings. The molecule has 0 amide bonds. The Morgan fingerprint density at radius 3 is 2.53 bits per heavy atom. The van der Waals surface area contributed by atoms with E-state index in [1.165, 1.54) is 0 Å². The Morgan fingerprint density at radius 2 is 2.00 bits per heavy atom. The number of rotatable bonds is 6. The molecule has 1 aromatic rings. The molecule has 0 fully saturated rings. The van der Waals surface area contributed by atoms with Gasteiger partial charge in [-0.2, -0.15) is 0 Å². The van der Waals surface area contributed by atoms with Crippen LogP contribution in [0.5, 0.6) is 0 Å². The van der Waals surface area contributed by atoms with E-state index in [0.717, 1.165) is 12.0 Å². The first-order valence-electron chi connectivity index (χ1n) is 5.65. The van der Waals surface area contributed by atoms with E-state index in [1.54, 1.807) is 25.1 Å². The van der Waals surface area contributed by atoms with Crippen molar-refractivity contribution >= 4 is 21.6 Å². The Labute approximate surface area is 108 Å². The van der Waals surface area contributed by atoms with Gasteiger partial charge in [0.15, 0.2) is 0 Å². The summed E-state index contributed by atoms with van der Waals surface area (Å²) in [4.78, 5) is 0.341. The van der Waals surface area contributed by atoms with E-state index >= 15 is 0 Å². The molecule has 0 heterocycles. The maximum absolute atomic E-state index is 12.1. The van der Waals surface area contributed by atoms with Crippen molar-refractivity contribution in [3.63, 3.8) is 0 Å². The van der Waals surface area contributed by atoms with Gasteiger partial charge >= 0.3 is 0 Å². The Bertz CT molecular complexity index is 459. The van der Waals surface area contributed by atoms with Crippen LogP contribution in [0.1, 0.15) is 25.3 Å². The minimum Gasteiger partial charge on any atom is -0.208 e. The molecule has 0 bridgehead atoms.